The molecule has 0 radical (unpaired) electrons. The Kier molecular flexibility index (Phi) is 6.15. The van der Waals surface area contributed by atoms with Crippen molar-refractivity contribution in [3.8, 4) is 11.5 Å². The number of ether oxygens (including phenoxy) is 2. The lowest BCUT2D eigenvalue weighted by atomic mass is 10.2. The van der Waals surface area contributed by atoms with Crippen LogP contribution < -0.4 is 14.8 Å². The molecule has 0 spiro atoms. The molecule has 0 aliphatic rings. The van der Waals surface area contributed by atoms with Gasteiger partial charge in [0.15, 0.2) is 11.5 Å². The monoisotopic (exact) mass is 267 g/mol. The van der Waals surface area contributed by atoms with Gasteiger partial charge in [0.05, 0.1) is 19.8 Å². The SMILES string of the molecule is CCOc1cc(C(=O)NCC(O)CC)ccc1OC. The molecule has 1 aromatic carbocycles. The van der Waals surface area contributed by atoms with Crippen molar-refractivity contribution < 1.29 is 19.4 Å². The van der Waals surface area contributed by atoms with Crippen molar-refractivity contribution in [1.82, 2.24) is 5.32 Å². The zero-order chi connectivity index (χ0) is 14.3. The Morgan fingerprint density at radius 2 is 2.11 bits per heavy atom. The number of carbonyl (C=O) groups excluding carboxylic acids is 1. The number of benzene rings is 1. The number of amides is 1. The summed E-state index contributed by atoms with van der Waals surface area (Å²) in [4.78, 5) is 11.9. The molecule has 5 nitrogen and oxygen atoms in total. The van der Waals surface area contributed by atoms with Gasteiger partial charge in [-0.15, -0.1) is 0 Å². The second-order valence-corrected chi connectivity index (χ2v) is 4.07. The number of hydrogen-bond donors (Lipinski definition) is 2. The molecule has 0 aromatic heterocycles. The minimum atomic E-state index is -0.520. The average molecular weight is 267 g/mol. The van der Waals surface area contributed by atoms with Crippen LogP contribution in [0, 0.1) is 0 Å². The Hall–Kier alpha value is -1.75. The normalized spacial score (nSPS) is 11.8. The van der Waals surface area contributed by atoms with Crippen molar-refractivity contribution >= 4 is 5.91 Å². The van der Waals surface area contributed by atoms with Gasteiger partial charge in [-0.1, -0.05) is 6.92 Å². The standard InChI is InChI=1S/C14H21NO4/c1-4-11(16)9-15-14(17)10-6-7-12(18-3)13(8-10)19-5-2/h6-8,11,16H,4-5,9H2,1-3H3,(H,15,17). The van der Waals surface area contributed by atoms with E-state index in [0.717, 1.165) is 0 Å². The van der Waals surface area contributed by atoms with Crippen molar-refractivity contribution in [3.05, 3.63) is 23.8 Å². The zero-order valence-corrected chi connectivity index (χ0v) is 11.6. The second kappa shape index (κ2) is 7.63. The van der Waals surface area contributed by atoms with Crippen molar-refractivity contribution in [1.29, 1.82) is 0 Å². The molecule has 19 heavy (non-hydrogen) atoms. The molecule has 1 rings (SSSR count). The second-order valence-electron chi connectivity index (χ2n) is 4.07. The molecule has 1 amide bonds. The van der Waals surface area contributed by atoms with E-state index < -0.39 is 6.10 Å². The van der Waals surface area contributed by atoms with E-state index in [0.29, 0.717) is 30.1 Å². The lowest BCUT2D eigenvalue weighted by molar-refractivity contribution is 0.0913. The summed E-state index contributed by atoms with van der Waals surface area (Å²) in [6.07, 6.45) is 0.0844. The van der Waals surface area contributed by atoms with Crippen molar-refractivity contribution in [2.45, 2.75) is 26.4 Å². The smallest absolute Gasteiger partial charge is 0.251 e. The predicted octanol–water partition coefficient (Wildman–Crippen LogP) is 1.59. The highest BCUT2D eigenvalue weighted by atomic mass is 16.5. The molecule has 0 heterocycles. The van der Waals surface area contributed by atoms with Gasteiger partial charge in [0.2, 0.25) is 0 Å². The molecule has 0 aliphatic carbocycles. The first-order valence-electron chi connectivity index (χ1n) is 6.39. The molecular weight excluding hydrogens is 246 g/mol. The zero-order valence-electron chi connectivity index (χ0n) is 11.6. The van der Waals surface area contributed by atoms with Gasteiger partial charge in [0, 0.05) is 12.1 Å². The first-order chi connectivity index (χ1) is 9.12. The predicted molar refractivity (Wildman–Crippen MR) is 72.8 cm³/mol. The number of carbonyl (C=O) groups is 1. The molecule has 1 atom stereocenters. The first kappa shape index (κ1) is 15.3. The first-order valence-corrected chi connectivity index (χ1v) is 6.39. The highest BCUT2D eigenvalue weighted by Crippen LogP contribution is 2.27. The Morgan fingerprint density at radius 1 is 1.37 bits per heavy atom. The fourth-order valence-electron chi connectivity index (χ4n) is 1.54. The summed E-state index contributed by atoms with van der Waals surface area (Å²) in [5, 5.41) is 12.1. The van der Waals surface area contributed by atoms with E-state index >= 15 is 0 Å². The van der Waals surface area contributed by atoms with Crippen LogP contribution in [0.1, 0.15) is 30.6 Å². The maximum atomic E-state index is 11.9. The Morgan fingerprint density at radius 3 is 2.68 bits per heavy atom. The lowest BCUT2D eigenvalue weighted by Gasteiger charge is -2.12. The molecule has 0 fully saturated rings. The summed E-state index contributed by atoms with van der Waals surface area (Å²) in [6, 6.07) is 4.99. The number of rotatable bonds is 7. The third-order valence-corrected chi connectivity index (χ3v) is 2.70. The van der Waals surface area contributed by atoms with Gasteiger partial charge in [0.1, 0.15) is 0 Å². The number of aliphatic hydroxyl groups is 1. The van der Waals surface area contributed by atoms with Crippen LogP contribution in [0.3, 0.4) is 0 Å². The van der Waals surface area contributed by atoms with Crippen LogP contribution in [0.4, 0.5) is 0 Å². The minimum absolute atomic E-state index is 0.240. The van der Waals surface area contributed by atoms with Gasteiger partial charge in [-0.2, -0.15) is 0 Å². The molecule has 0 saturated carbocycles. The van der Waals surface area contributed by atoms with Crippen molar-refractivity contribution in [3.63, 3.8) is 0 Å². The number of aliphatic hydroxyl groups excluding tert-OH is 1. The maximum Gasteiger partial charge on any atom is 0.251 e. The van der Waals surface area contributed by atoms with E-state index in [4.69, 9.17) is 9.47 Å². The summed E-state index contributed by atoms with van der Waals surface area (Å²) in [5.41, 5.74) is 0.479. The van der Waals surface area contributed by atoms with Crippen molar-refractivity contribution in [2.24, 2.45) is 0 Å². The highest BCUT2D eigenvalue weighted by Gasteiger charge is 2.11. The van der Waals surface area contributed by atoms with Crippen LogP contribution in [-0.2, 0) is 0 Å². The fourth-order valence-corrected chi connectivity index (χ4v) is 1.54. The van der Waals surface area contributed by atoms with Crippen LogP contribution >= 0.6 is 0 Å². The Labute approximate surface area is 113 Å². The van der Waals surface area contributed by atoms with Crippen LogP contribution in [0.5, 0.6) is 11.5 Å². The van der Waals surface area contributed by atoms with Gasteiger partial charge >= 0.3 is 0 Å². The van der Waals surface area contributed by atoms with Gasteiger partial charge in [-0.3, -0.25) is 4.79 Å². The third-order valence-electron chi connectivity index (χ3n) is 2.70. The van der Waals surface area contributed by atoms with Gasteiger partial charge in [-0.25, -0.2) is 0 Å². The van der Waals surface area contributed by atoms with Crippen molar-refractivity contribution in [2.75, 3.05) is 20.3 Å². The van der Waals surface area contributed by atoms with Crippen LogP contribution in [-0.4, -0.2) is 37.4 Å². The Bertz CT molecular complexity index is 420. The molecule has 2 N–H and O–H groups in total. The van der Waals surface area contributed by atoms with Crippen LogP contribution in [0.25, 0.3) is 0 Å². The van der Waals surface area contributed by atoms with E-state index in [9.17, 15) is 9.90 Å². The van der Waals surface area contributed by atoms with E-state index in [-0.39, 0.29) is 12.5 Å². The lowest BCUT2D eigenvalue weighted by Crippen LogP contribution is -2.31. The number of nitrogens with one attached hydrogen (secondary N) is 1. The van der Waals surface area contributed by atoms with E-state index in [2.05, 4.69) is 5.32 Å². The third kappa shape index (κ3) is 4.44. The quantitative estimate of drug-likeness (QED) is 0.787. The van der Waals surface area contributed by atoms with E-state index in [1.165, 1.54) is 0 Å². The summed E-state index contributed by atoms with van der Waals surface area (Å²) in [5.74, 6) is 0.886. The Balaban J connectivity index is 2.77. The van der Waals surface area contributed by atoms with Gasteiger partial charge in [0.25, 0.3) is 5.91 Å². The number of hydrogen-bond acceptors (Lipinski definition) is 4. The molecule has 0 bridgehead atoms. The number of methoxy groups -OCH3 is 1. The van der Waals surface area contributed by atoms with Gasteiger partial charge in [-0.05, 0) is 31.5 Å². The molecule has 1 aromatic rings. The average Bonchev–Trinajstić information content (AvgIpc) is 2.44. The molecule has 106 valence electrons. The fraction of sp³-hybridized carbons (Fsp3) is 0.500. The largest absolute Gasteiger partial charge is 0.493 e. The highest BCUT2D eigenvalue weighted by molar-refractivity contribution is 5.94. The molecule has 0 aliphatic heterocycles. The van der Waals surface area contributed by atoms with Crippen LogP contribution in [0.2, 0.25) is 0 Å². The summed E-state index contributed by atoms with van der Waals surface area (Å²) >= 11 is 0. The molecule has 5 heteroatoms. The summed E-state index contributed by atoms with van der Waals surface area (Å²) < 4.78 is 10.6. The van der Waals surface area contributed by atoms with E-state index in [1.807, 2.05) is 13.8 Å². The maximum absolute atomic E-state index is 11.9. The molecule has 1 unspecified atom stereocenters. The summed E-state index contributed by atoms with van der Waals surface area (Å²) in [7, 11) is 1.55. The van der Waals surface area contributed by atoms with E-state index in [1.54, 1.807) is 25.3 Å². The molecular formula is C14H21NO4. The summed E-state index contributed by atoms with van der Waals surface area (Å²) in [6.45, 7) is 4.46. The van der Waals surface area contributed by atoms with Crippen LogP contribution in [0.15, 0.2) is 18.2 Å². The van der Waals surface area contributed by atoms with Gasteiger partial charge < -0.3 is 19.9 Å². The molecule has 0 saturated heterocycles. The topological polar surface area (TPSA) is 67.8 Å². The minimum Gasteiger partial charge on any atom is -0.493 e.